The molecule has 2 aliphatic rings. The van der Waals surface area contributed by atoms with Crippen molar-refractivity contribution in [2.45, 2.75) is 58.8 Å². The highest BCUT2D eigenvalue weighted by Gasteiger charge is 2.50. The second kappa shape index (κ2) is 5.15. The first kappa shape index (κ1) is 14.1. The number of aryl methyl sites for hydroxylation is 1. The molecule has 110 valence electrons. The third-order valence-corrected chi connectivity index (χ3v) is 5.40. The van der Waals surface area contributed by atoms with Crippen molar-refractivity contribution in [3.8, 4) is 0 Å². The molecule has 1 aliphatic carbocycles. The molecule has 1 N–H and O–H groups in total. The average molecular weight is 292 g/mol. The van der Waals surface area contributed by atoms with E-state index >= 15 is 0 Å². The second-order valence-electron chi connectivity index (χ2n) is 6.73. The van der Waals surface area contributed by atoms with Gasteiger partial charge in [-0.3, -0.25) is 10.1 Å². The zero-order chi connectivity index (χ0) is 14.4. The van der Waals surface area contributed by atoms with E-state index in [1.54, 1.807) is 11.3 Å². The quantitative estimate of drug-likeness (QED) is 0.923. The summed E-state index contributed by atoms with van der Waals surface area (Å²) in [7, 11) is 0. The van der Waals surface area contributed by atoms with E-state index in [4.69, 9.17) is 0 Å². The van der Waals surface area contributed by atoms with Crippen LogP contribution in [0.5, 0.6) is 0 Å². The molecule has 2 heterocycles. The monoisotopic (exact) mass is 292 g/mol. The molecule has 4 unspecified atom stereocenters. The maximum atomic E-state index is 12.7. The van der Waals surface area contributed by atoms with E-state index in [0.717, 1.165) is 12.8 Å². The molecule has 1 saturated carbocycles. The van der Waals surface area contributed by atoms with Gasteiger partial charge in [0, 0.05) is 15.8 Å². The highest BCUT2D eigenvalue weighted by Crippen LogP contribution is 2.43. The van der Waals surface area contributed by atoms with Crippen molar-refractivity contribution < 1.29 is 4.79 Å². The Morgan fingerprint density at radius 3 is 2.65 bits per heavy atom. The number of nitrogens with one attached hydrogen (secondary N) is 1. The Labute approximate surface area is 125 Å². The molecule has 3 rings (SSSR count). The largest absolute Gasteiger partial charge is 0.317 e. The lowest BCUT2D eigenvalue weighted by Gasteiger charge is -2.23. The van der Waals surface area contributed by atoms with Crippen molar-refractivity contribution in [3.05, 3.63) is 21.9 Å². The van der Waals surface area contributed by atoms with Gasteiger partial charge in [-0.15, -0.1) is 11.3 Å². The first-order valence-electron chi connectivity index (χ1n) is 7.62. The topological polar surface area (TPSA) is 32.3 Å². The second-order valence-corrected chi connectivity index (χ2v) is 8.05. The maximum Gasteiger partial charge on any atom is 0.241 e. The molecule has 1 amide bonds. The normalized spacial score (nSPS) is 33.2. The van der Waals surface area contributed by atoms with Crippen molar-refractivity contribution in [2.75, 3.05) is 0 Å². The van der Waals surface area contributed by atoms with Gasteiger partial charge in [-0.05, 0) is 43.7 Å². The third kappa shape index (κ3) is 2.51. The van der Waals surface area contributed by atoms with Crippen LogP contribution in [0.2, 0.25) is 0 Å². The summed E-state index contributed by atoms with van der Waals surface area (Å²) in [6.07, 6.45) is 2.18. The molecule has 1 aromatic rings. The predicted molar refractivity (Wildman–Crippen MR) is 82.6 cm³/mol. The fourth-order valence-electron chi connectivity index (χ4n) is 3.15. The van der Waals surface area contributed by atoms with Crippen molar-refractivity contribution in [2.24, 2.45) is 11.8 Å². The number of carbonyl (C=O) groups excluding carboxylic acids is 1. The molecule has 1 aromatic heterocycles. The van der Waals surface area contributed by atoms with Crippen LogP contribution < -0.4 is 5.32 Å². The van der Waals surface area contributed by atoms with Crippen molar-refractivity contribution in [1.82, 2.24) is 10.2 Å². The molecule has 0 bridgehead atoms. The Morgan fingerprint density at radius 1 is 1.45 bits per heavy atom. The number of hydrogen-bond donors (Lipinski definition) is 1. The minimum Gasteiger partial charge on any atom is -0.317 e. The summed E-state index contributed by atoms with van der Waals surface area (Å²) in [6, 6.07) is 4.76. The van der Waals surface area contributed by atoms with Crippen LogP contribution in [0.25, 0.3) is 0 Å². The molecule has 4 heteroatoms. The minimum atomic E-state index is -0.00444. The van der Waals surface area contributed by atoms with Crippen LogP contribution in [0, 0.1) is 18.8 Å². The number of nitrogens with zero attached hydrogens (tertiary/aromatic N) is 1. The van der Waals surface area contributed by atoms with Gasteiger partial charge in [0.05, 0.1) is 6.04 Å². The third-order valence-electron chi connectivity index (χ3n) is 4.35. The molecular formula is C16H24N2OS. The van der Waals surface area contributed by atoms with Crippen LogP contribution in [0.15, 0.2) is 12.1 Å². The van der Waals surface area contributed by atoms with E-state index in [1.165, 1.54) is 9.75 Å². The van der Waals surface area contributed by atoms with Gasteiger partial charge < -0.3 is 4.90 Å². The maximum absolute atomic E-state index is 12.7. The summed E-state index contributed by atoms with van der Waals surface area (Å²) in [6.45, 7) is 8.73. The smallest absolute Gasteiger partial charge is 0.241 e. The Morgan fingerprint density at radius 2 is 2.15 bits per heavy atom. The van der Waals surface area contributed by atoms with Crippen LogP contribution >= 0.6 is 11.3 Å². The number of amides is 1. The van der Waals surface area contributed by atoms with Gasteiger partial charge in [0.2, 0.25) is 5.91 Å². The van der Waals surface area contributed by atoms with E-state index in [0.29, 0.717) is 23.8 Å². The van der Waals surface area contributed by atoms with E-state index in [2.05, 4.69) is 50.0 Å². The molecule has 0 radical (unpaired) electrons. The lowest BCUT2D eigenvalue weighted by atomic mass is 10.0. The number of carbonyl (C=O) groups is 1. The van der Waals surface area contributed by atoms with Crippen LogP contribution in [0.1, 0.15) is 49.5 Å². The van der Waals surface area contributed by atoms with Gasteiger partial charge in [-0.2, -0.15) is 0 Å². The van der Waals surface area contributed by atoms with Crippen molar-refractivity contribution >= 4 is 17.2 Å². The Bertz CT molecular complexity index is 510. The highest BCUT2D eigenvalue weighted by atomic mass is 32.1. The van der Waals surface area contributed by atoms with Gasteiger partial charge >= 0.3 is 0 Å². The van der Waals surface area contributed by atoms with E-state index in [9.17, 15) is 4.79 Å². The summed E-state index contributed by atoms with van der Waals surface area (Å²) in [5.41, 5.74) is 0. The van der Waals surface area contributed by atoms with Gasteiger partial charge in [0.25, 0.3) is 0 Å². The van der Waals surface area contributed by atoms with Gasteiger partial charge in [0.15, 0.2) is 0 Å². The number of hydrogen-bond acceptors (Lipinski definition) is 3. The predicted octanol–water partition coefficient (Wildman–Crippen LogP) is 3.31. The van der Waals surface area contributed by atoms with Crippen LogP contribution in [0.3, 0.4) is 0 Å². The molecule has 2 fully saturated rings. The number of thiophene rings is 1. The lowest BCUT2D eigenvalue weighted by Crippen LogP contribution is -2.34. The molecule has 3 nitrogen and oxygen atoms in total. The fourth-order valence-corrected chi connectivity index (χ4v) is 4.09. The first-order valence-corrected chi connectivity index (χ1v) is 8.43. The highest BCUT2D eigenvalue weighted by molar-refractivity contribution is 7.12. The Kier molecular flexibility index (Phi) is 3.63. The molecule has 20 heavy (non-hydrogen) atoms. The van der Waals surface area contributed by atoms with Crippen LogP contribution in [-0.2, 0) is 4.79 Å². The van der Waals surface area contributed by atoms with Crippen molar-refractivity contribution in [3.63, 3.8) is 0 Å². The zero-order valence-corrected chi connectivity index (χ0v) is 13.5. The Hall–Kier alpha value is -0.870. The Balaban J connectivity index is 1.85. The lowest BCUT2D eigenvalue weighted by molar-refractivity contribution is -0.131. The van der Waals surface area contributed by atoms with E-state index < -0.39 is 0 Å². The SMILES string of the molecule is Cc1ccc(C2NC(CC(C)C)C(=O)N2C2CC2C)s1. The molecule has 1 saturated heterocycles. The summed E-state index contributed by atoms with van der Waals surface area (Å²) in [4.78, 5) is 17.4. The minimum absolute atomic E-state index is 0.00444. The molecular weight excluding hydrogens is 268 g/mol. The van der Waals surface area contributed by atoms with Gasteiger partial charge in [-0.25, -0.2) is 0 Å². The number of rotatable bonds is 4. The average Bonchev–Trinajstić information content (AvgIpc) is 2.79. The van der Waals surface area contributed by atoms with Crippen LogP contribution in [0.4, 0.5) is 0 Å². The van der Waals surface area contributed by atoms with Crippen molar-refractivity contribution in [1.29, 1.82) is 0 Å². The molecule has 0 spiro atoms. The standard InChI is InChI=1S/C16H24N2OS/c1-9(2)7-12-16(19)18(13-8-10(13)3)15(17-12)14-6-5-11(4)20-14/h5-6,9-10,12-13,15,17H,7-8H2,1-4H3. The summed E-state index contributed by atoms with van der Waals surface area (Å²) in [5, 5.41) is 3.58. The first-order chi connectivity index (χ1) is 9.47. The zero-order valence-electron chi connectivity index (χ0n) is 12.7. The molecule has 4 atom stereocenters. The van der Waals surface area contributed by atoms with E-state index in [1.807, 2.05) is 0 Å². The molecule has 0 aromatic carbocycles. The van der Waals surface area contributed by atoms with Gasteiger partial charge in [-0.1, -0.05) is 20.8 Å². The summed E-state index contributed by atoms with van der Waals surface area (Å²) >= 11 is 1.80. The molecule has 1 aliphatic heterocycles. The summed E-state index contributed by atoms with van der Waals surface area (Å²) < 4.78 is 0. The van der Waals surface area contributed by atoms with Crippen LogP contribution in [-0.4, -0.2) is 22.9 Å². The van der Waals surface area contributed by atoms with E-state index in [-0.39, 0.29) is 12.2 Å². The van der Waals surface area contributed by atoms with Gasteiger partial charge in [0.1, 0.15) is 6.17 Å². The fraction of sp³-hybridized carbons (Fsp3) is 0.688. The summed E-state index contributed by atoms with van der Waals surface area (Å²) in [5.74, 6) is 1.50.